The molecule has 112 valence electrons. The Morgan fingerprint density at radius 2 is 1.86 bits per heavy atom. The van der Waals surface area contributed by atoms with Crippen molar-refractivity contribution in [3.8, 4) is 0 Å². The second-order valence-corrected chi connectivity index (χ2v) is 5.43. The lowest BCUT2D eigenvalue weighted by atomic mass is 10.1. The number of amides is 1. The summed E-state index contributed by atoms with van der Waals surface area (Å²) in [5, 5.41) is 13.4. The first-order valence-electron chi connectivity index (χ1n) is 6.68. The van der Waals surface area contributed by atoms with Crippen molar-refractivity contribution in [1.82, 2.24) is 5.32 Å². The van der Waals surface area contributed by atoms with Crippen LogP contribution in [0.2, 0.25) is 5.02 Å². The number of nitrogens with one attached hydrogen (secondary N) is 1. The maximum absolute atomic E-state index is 12.2. The summed E-state index contributed by atoms with van der Waals surface area (Å²) >= 11 is 5.80. The van der Waals surface area contributed by atoms with E-state index < -0.39 is 6.10 Å². The van der Waals surface area contributed by atoms with E-state index in [-0.39, 0.29) is 12.5 Å². The molecule has 5 heteroatoms. The van der Waals surface area contributed by atoms with Crippen molar-refractivity contribution in [1.29, 1.82) is 0 Å². The second-order valence-electron chi connectivity index (χ2n) is 4.99. The van der Waals surface area contributed by atoms with Crippen LogP contribution in [-0.4, -0.2) is 17.6 Å². The summed E-state index contributed by atoms with van der Waals surface area (Å²) in [6.45, 7) is 5.55. The van der Waals surface area contributed by atoms with Gasteiger partial charge in [-0.25, -0.2) is 0 Å². The summed E-state index contributed by atoms with van der Waals surface area (Å²) in [6, 6.07) is 6.88. The molecule has 2 aromatic rings. The van der Waals surface area contributed by atoms with Gasteiger partial charge in [0.05, 0.1) is 11.7 Å². The molecule has 0 radical (unpaired) electrons. The van der Waals surface area contributed by atoms with E-state index in [0.29, 0.717) is 21.9 Å². The third-order valence-corrected chi connectivity index (χ3v) is 3.75. The summed E-state index contributed by atoms with van der Waals surface area (Å²) < 4.78 is 5.43. The molecule has 0 bridgehead atoms. The molecule has 1 atom stereocenters. The zero-order chi connectivity index (χ0) is 15.6. The van der Waals surface area contributed by atoms with Crippen molar-refractivity contribution in [3.05, 3.63) is 57.5 Å². The average Bonchev–Trinajstić information content (AvgIpc) is 2.70. The van der Waals surface area contributed by atoms with Gasteiger partial charge in [-0.05, 0) is 38.5 Å². The number of benzene rings is 1. The number of aryl methyl sites for hydroxylation is 2. The number of rotatable bonds is 4. The minimum absolute atomic E-state index is 0.129. The maximum Gasteiger partial charge on any atom is 0.255 e. The predicted octanol–water partition coefficient (Wildman–Crippen LogP) is 3.32. The molecule has 1 heterocycles. The van der Waals surface area contributed by atoms with Crippen molar-refractivity contribution in [2.45, 2.75) is 26.9 Å². The fourth-order valence-electron chi connectivity index (χ4n) is 2.21. The lowest BCUT2D eigenvalue weighted by Gasteiger charge is -2.12. The van der Waals surface area contributed by atoms with Gasteiger partial charge < -0.3 is 14.8 Å². The lowest BCUT2D eigenvalue weighted by Crippen LogP contribution is -2.29. The second kappa shape index (κ2) is 6.33. The van der Waals surface area contributed by atoms with Crippen LogP contribution in [0, 0.1) is 20.8 Å². The van der Waals surface area contributed by atoms with Gasteiger partial charge in [0.15, 0.2) is 0 Å². The topological polar surface area (TPSA) is 62.5 Å². The van der Waals surface area contributed by atoms with E-state index in [2.05, 4.69) is 5.32 Å². The number of hydrogen-bond acceptors (Lipinski definition) is 3. The Kier molecular flexibility index (Phi) is 4.70. The van der Waals surface area contributed by atoms with E-state index >= 15 is 0 Å². The normalized spacial score (nSPS) is 12.2. The highest BCUT2D eigenvalue weighted by Gasteiger charge is 2.19. The van der Waals surface area contributed by atoms with Gasteiger partial charge in [-0.3, -0.25) is 4.79 Å². The third-order valence-electron chi connectivity index (χ3n) is 3.50. The average molecular weight is 308 g/mol. The maximum atomic E-state index is 12.2. The van der Waals surface area contributed by atoms with Crippen molar-refractivity contribution in [3.63, 3.8) is 0 Å². The van der Waals surface area contributed by atoms with Crippen LogP contribution in [0.15, 0.2) is 28.7 Å². The van der Waals surface area contributed by atoms with Crippen LogP contribution in [0.5, 0.6) is 0 Å². The minimum Gasteiger partial charge on any atom is -0.466 e. The molecular weight excluding hydrogens is 290 g/mol. The Morgan fingerprint density at radius 3 is 2.38 bits per heavy atom. The smallest absolute Gasteiger partial charge is 0.255 e. The van der Waals surface area contributed by atoms with Crippen LogP contribution in [0.4, 0.5) is 0 Å². The van der Waals surface area contributed by atoms with Crippen LogP contribution < -0.4 is 5.32 Å². The molecule has 4 nitrogen and oxygen atoms in total. The summed E-state index contributed by atoms with van der Waals surface area (Å²) in [6.07, 6.45) is -0.778. The van der Waals surface area contributed by atoms with Gasteiger partial charge in [-0.2, -0.15) is 0 Å². The molecule has 1 aromatic heterocycles. The molecule has 0 aliphatic rings. The third kappa shape index (κ3) is 3.46. The number of aliphatic hydroxyl groups excluding tert-OH is 1. The van der Waals surface area contributed by atoms with Gasteiger partial charge in [0.25, 0.3) is 5.91 Å². The van der Waals surface area contributed by atoms with Gasteiger partial charge in [-0.15, -0.1) is 0 Å². The monoisotopic (exact) mass is 307 g/mol. The zero-order valence-corrected chi connectivity index (χ0v) is 13.0. The predicted molar refractivity (Wildman–Crippen MR) is 81.7 cm³/mol. The van der Waals surface area contributed by atoms with Crippen LogP contribution in [-0.2, 0) is 0 Å². The standard InChI is InChI=1S/C16H18ClNO3/c1-9-10(2)21-11(3)15(9)16(20)18-8-14(19)12-4-6-13(17)7-5-12/h4-7,14,19H,8H2,1-3H3,(H,18,20). The molecule has 1 aromatic carbocycles. The molecule has 1 amide bonds. The van der Waals surface area contributed by atoms with Gasteiger partial charge in [0, 0.05) is 17.1 Å². The van der Waals surface area contributed by atoms with E-state index in [1.165, 1.54) is 0 Å². The molecule has 0 fully saturated rings. The van der Waals surface area contributed by atoms with E-state index in [1.807, 2.05) is 13.8 Å². The van der Waals surface area contributed by atoms with Crippen molar-refractivity contribution in [2.24, 2.45) is 0 Å². The summed E-state index contributed by atoms with van der Waals surface area (Å²) in [4.78, 5) is 12.2. The van der Waals surface area contributed by atoms with E-state index in [1.54, 1.807) is 31.2 Å². The molecule has 0 saturated heterocycles. The first kappa shape index (κ1) is 15.6. The largest absolute Gasteiger partial charge is 0.466 e. The highest BCUT2D eigenvalue weighted by atomic mass is 35.5. The highest BCUT2D eigenvalue weighted by molar-refractivity contribution is 6.30. The van der Waals surface area contributed by atoms with Gasteiger partial charge in [0.1, 0.15) is 11.5 Å². The van der Waals surface area contributed by atoms with Gasteiger partial charge in [-0.1, -0.05) is 23.7 Å². The number of carbonyl (C=O) groups is 1. The SMILES string of the molecule is Cc1oc(C)c(C(=O)NCC(O)c2ccc(Cl)cc2)c1C. The molecule has 2 N–H and O–H groups in total. The lowest BCUT2D eigenvalue weighted by molar-refractivity contribution is 0.0914. The highest BCUT2D eigenvalue weighted by Crippen LogP contribution is 2.21. The molecule has 0 saturated carbocycles. The number of aliphatic hydroxyl groups is 1. The van der Waals surface area contributed by atoms with Crippen molar-refractivity contribution >= 4 is 17.5 Å². The Labute approximate surface area is 128 Å². The molecule has 21 heavy (non-hydrogen) atoms. The minimum atomic E-state index is -0.778. The molecule has 0 aliphatic heterocycles. The summed E-state index contributed by atoms with van der Waals surface area (Å²) in [7, 11) is 0. The van der Waals surface area contributed by atoms with Crippen LogP contribution >= 0.6 is 11.6 Å². The quantitative estimate of drug-likeness (QED) is 0.911. The van der Waals surface area contributed by atoms with Gasteiger partial charge >= 0.3 is 0 Å². The number of hydrogen-bond donors (Lipinski definition) is 2. The Morgan fingerprint density at radius 1 is 1.24 bits per heavy atom. The first-order chi connectivity index (χ1) is 9.90. The molecular formula is C16H18ClNO3. The number of carbonyl (C=O) groups excluding carboxylic acids is 1. The Hall–Kier alpha value is -1.78. The number of furan rings is 1. The Bertz CT molecular complexity index is 646. The zero-order valence-electron chi connectivity index (χ0n) is 12.2. The first-order valence-corrected chi connectivity index (χ1v) is 7.06. The van der Waals surface area contributed by atoms with E-state index in [4.69, 9.17) is 16.0 Å². The fourth-order valence-corrected chi connectivity index (χ4v) is 2.33. The molecule has 1 unspecified atom stereocenters. The fraction of sp³-hybridized carbons (Fsp3) is 0.312. The van der Waals surface area contributed by atoms with Crippen molar-refractivity contribution in [2.75, 3.05) is 6.54 Å². The van der Waals surface area contributed by atoms with E-state index in [9.17, 15) is 9.90 Å². The summed E-state index contributed by atoms with van der Waals surface area (Å²) in [5.41, 5.74) is 2.07. The summed E-state index contributed by atoms with van der Waals surface area (Å²) in [5.74, 6) is 1.08. The van der Waals surface area contributed by atoms with Crippen LogP contribution in [0.3, 0.4) is 0 Å². The van der Waals surface area contributed by atoms with Crippen molar-refractivity contribution < 1.29 is 14.3 Å². The molecule has 2 rings (SSSR count). The Balaban J connectivity index is 2.02. The van der Waals surface area contributed by atoms with E-state index in [0.717, 1.165) is 11.3 Å². The van der Waals surface area contributed by atoms with Gasteiger partial charge in [0.2, 0.25) is 0 Å². The number of halogens is 1. The van der Waals surface area contributed by atoms with Crippen LogP contribution in [0.25, 0.3) is 0 Å². The molecule has 0 aliphatic carbocycles. The van der Waals surface area contributed by atoms with Crippen LogP contribution in [0.1, 0.15) is 39.1 Å². The molecule has 0 spiro atoms.